The van der Waals surface area contributed by atoms with Crippen LogP contribution in [-0.4, -0.2) is 16.0 Å². The van der Waals surface area contributed by atoms with Gasteiger partial charge in [-0.15, -0.1) is 11.3 Å². The number of anilines is 1. The number of carbonyl (C=O) groups is 1. The van der Waals surface area contributed by atoms with E-state index in [1.807, 2.05) is 5.10 Å². The van der Waals surface area contributed by atoms with Crippen molar-refractivity contribution >= 4 is 22.8 Å². The highest BCUT2D eigenvalue weighted by atomic mass is 32.1. The van der Waals surface area contributed by atoms with Crippen LogP contribution in [0.4, 0.5) is 18.9 Å². The number of aromatic nitrogens is 2. The minimum Gasteiger partial charge on any atom is -0.397 e. The lowest BCUT2D eigenvalue weighted by atomic mass is 10.2. The smallest absolute Gasteiger partial charge is 0.397 e. The summed E-state index contributed by atoms with van der Waals surface area (Å²) in [6.45, 7) is 1.31. The second-order valence-corrected chi connectivity index (χ2v) is 4.66. The molecule has 0 unspecified atom stereocenters. The molecule has 0 aliphatic rings. The Morgan fingerprint density at radius 3 is 2.67 bits per heavy atom. The second kappa shape index (κ2) is 4.13. The molecule has 0 fully saturated rings. The average Bonchev–Trinajstić information content (AvgIpc) is 2.80. The molecular formula is C10H8F3N3OS. The van der Waals surface area contributed by atoms with Crippen LogP contribution in [0.15, 0.2) is 12.3 Å². The summed E-state index contributed by atoms with van der Waals surface area (Å²) >= 11 is 0.921. The normalized spacial score (nSPS) is 11.8. The zero-order valence-electron chi connectivity index (χ0n) is 9.13. The quantitative estimate of drug-likeness (QED) is 0.828. The topological polar surface area (TPSA) is 71.8 Å². The third-order valence-electron chi connectivity index (χ3n) is 2.27. The number of nitrogen functional groups attached to an aromatic ring is 1. The minimum atomic E-state index is -4.53. The lowest BCUT2D eigenvalue weighted by Crippen LogP contribution is -2.06. The SMILES string of the molecule is CC(=O)c1sc(-c2cn[nH]c2C(F)(F)F)cc1N. The standard InChI is InChI=1S/C10H8F3N3OS/c1-4(17)8-6(14)2-7(18-8)5-3-15-16-9(5)10(11,12)13/h2-3H,14H2,1H3,(H,15,16). The fourth-order valence-corrected chi connectivity index (χ4v) is 2.49. The van der Waals surface area contributed by atoms with E-state index in [9.17, 15) is 18.0 Å². The van der Waals surface area contributed by atoms with Crippen molar-refractivity contribution in [2.75, 3.05) is 5.73 Å². The van der Waals surface area contributed by atoms with Gasteiger partial charge < -0.3 is 5.73 Å². The number of nitrogens with one attached hydrogen (secondary N) is 1. The number of carbonyl (C=O) groups excluding carboxylic acids is 1. The fourth-order valence-electron chi connectivity index (χ4n) is 1.50. The Morgan fingerprint density at radius 2 is 2.17 bits per heavy atom. The van der Waals surface area contributed by atoms with Crippen molar-refractivity contribution in [3.63, 3.8) is 0 Å². The molecule has 8 heteroatoms. The molecule has 0 saturated carbocycles. The molecule has 96 valence electrons. The van der Waals surface area contributed by atoms with E-state index in [0.29, 0.717) is 0 Å². The molecule has 4 nitrogen and oxygen atoms in total. The zero-order valence-corrected chi connectivity index (χ0v) is 9.95. The molecular weight excluding hydrogens is 267 g/mol. The maximum absolute atomic E-state index is 12.7. The van der Waals surface area contributed by atoms with Crippen LogP contribution in [-0.2, 0) is 6.18 Å². The number of Topliss-reactive ketones (excluding diaryl/α,β-unsaturated/α-hetero) is 1. The molecule has 0 bridgehead atoms. The second-order valence-electron chi connectivity index (χ2n) is 3.61. The molecule has 0 amide bonds. The number of thiophene rings is 1. The van der Waals surface area contributed by atoms with Crippen molar-refractivity contribution < 1.29 is 18.0 Å². The first-order chi connectivity index (χ1) is 8.30. The van der Waals surface area contributed by atoms with Gasteiger partial charge in [-0.05, 0) is 6.07 Å². The largest absolute Gasteiger partial charge is 0.433 e. The van der Waals surface area contributed by atoms with Crippen LogP contribution in [0.1, 0.15) is 22.3 Å². The molecule has 2 heterocycles. The van der Waals surface area contributed by atoms with Crippen LogP contribution < -0.4 is 5.73 Å². The Morgan fingerprint density at radius 1 is 1.50 bits per heavy atom. The maximum atomic E-state index is 12.7. The van der Waals surface area contributed by atoms with Gasteiger partial charge in [0.05, 0.1) is 16.8 Å². The summed E-state index contributed by atoms with van der Waals surface area (Å²) < 4.78 is 38.0. The molecule has 2 rings (SSSR count). The Hall–Kier alpha value is -1.83. The molecule has 3 N–H and O–H groups in total. The summed E-state index contributed by atoms with van der Waals surface area (Å²) in [5.74, 6) is -0.277. The first-order valence-electron chi connectivity index (χ1n) is 4.82. The number of rotatable bonds is 2. The number of nitrogens with two attached hydrogens (primary N) is 1. The van der Waals surface area contributed by atoms with E-state index >= 15 is 0 Å². The van der Waals surface area contributed by atoms with E-state index in [4.69, 9.17) is 5.73 Å². The Balaban J connectivity index is 2.54. The molecule has 0 radical (unpaired) electrons. The van der Waals surface area contributed by atoms with Gasteiger partial charge in [0.15, 0.2) is 5.78 Å². The Kier molecular flexibility index (Phi) is 2.89. The Labute approximate surface area is 104 Å². The number of alkyl halides is 3. The fraction of sp³-hybridized carbons (Fsp3) is 0.200. The summed E-state index contributed by atoms with van der Waals surface area (Å²) in [6.07, 6.45) is -3.46. The number of hydrogen-bond acceptors (Lipinski definition) is 4. The number of hydrogen-bond donors (Lipinski definition) is 2. The summed E-state index contributed by atoms with van der Waals surface area (Å²) in [6, 6.07) is 1.35. The van der Waals surface area contributed by atoms with Crippen molar-refractivity contribution in [3.05, 3.63) is 22.8 Å². The van der Waals surface area contributed by atoms with Gasteiger partial charge in [-0.25, -0.2) is 0 Å². The van der Waals surface area contributed by atoms with Gasteiger partial charge in [0.25, 0.3) is 0 Å². The van der Waals surface area contributed by atoms with Gasteiger partial charge in [0, 0.05) is 17.4 Å². The van der Waals surface area contributed by atoms with Crippen LogP contribution >= 0.6 is 11.3 Å². The van der Waals surface area contributed by atoms with Gasteiger partial charge >= 0.3 is 6.18 Å². The maximum Gasteiger partial charge on any atom is 0.433 e. The predicted octanol–water partition coefficient (Wildman–Crippen LogP) is 2.94. The van der Waals surface area contributed by atoms with Gasteiger partial charge in [0.1, 0.15) is 5.69 Å². The number of ketones is 1. The lowest BCUT2D eigenvalue weighted by Gasteiger charge is -2.04. The highest BCUT2D eigenvalue weighted by molar-refractivity contribution is 7.18. The van der Waals surface area contributed by atoms with Crippen LogP contribution in [0.2, 0.25) is 0 Å². The molecule has 0 aliphatic heterocycles. The minimum absolute atomic E-state index is 0.105. The van der Waals surface area contributed by atoms with E-state index in [1.165, 1.54) is 13.0 Å². The van der Waals surface area contributed by atoms with Crippen LogP contribution in [0.3, 0.4) is 0 Å². The molecule has 0 saturated heterocycles. The highest BCUT2D eigenvalue weighted by Gasteiger charge is 2.36. The molecule has 0 aromatic carbocycles. The van der Waals surface area contributed by atoms with Crippen molar-refractivity contribution in [1.29, 1.82) is 0 Å². The number of aromatic amines is 1. The summed E-state index contributed by atoms with van der Waals surface area (Å²) in [4.78, 5) is 11.7. The van der Waals surface area contributed by atoms with Crippen molar-refractivity contribution in [2.24, 2.45) is 0 Å². The van der Waals surface area contributed by atoms with E-state index in [0.717, 1.165) is 17.5 Å². The van der Waals surface area contributed by atoms with E-state index in [1.54, 1.807) is 0 Å². The Bertz CT molecular complexity index is 600. The van der Waals surface area contributed by atoms with Crippen molar-refractivity contribution in [1.82, 2.24) is 10.2 Å². The zero-order chi connectivity index (χ0) is 13.5. The first kappa shape index (κ1) is 12.6. The third kappa shape index (κ3) is 2.10. The van der Waals surface area contributed by atoms with Gasteiger partial charge in [-0.3, -0.25) is 9.89 Å². The lowest BCUT2D eigenvalue weighted by molar-refractivity contribution is -0.140. The number of H-pyrrole nitrogens is 1. The van der Waals surface area contributed by atoms with Crippen LogP contribution in [0, 0.1) is 0 Å². The predicted molar refractivity (Wildman–Crippen MR) is 61.3 cm³/mol. The van der Waals surface area contributed by atoms with Crippen molar-refractivity contribution in [3.8, 4) is 10.4 Å². The summed E-state index contributed by atoms with van der Waals surface area (Å²) in [5, 5.41) is 5.29. The van der Waals surface area contributed by atoms with Crippen LogP contribution in [0.5, 0.6) is 0 Å². The third-order valence-corrected chi connectivity index (χ3v) is 3.55. The van der Waals surface area contributed by atoms with E-state index < -0.39 is 11.9 Å². The molecule has 2 aromatic rings. The molecule has 0 atom stereocenters. The highest BCUT2D eigenvalue weighted by Crippen LogP contribution is 2.40. The summed E-state index contributed by atoms with van der Waals surface area (Å²) in [5.41, 5.74) is 4.71. The monoisotopic (exact) mass is 275 g/mol. The van der Waals surface area contributed by atoms with Gasteiger partial charge in [-0.1, -0.05) is 0 Å². The van der Waals surface area contributed by atoms with Gasteiger partial charge in [0.2, 0.25) is 0 Å². The molecule has 0 spiro atoms. The van der Waals surface area contributed by atoms with E-state index in [2.05, 4.69) is 5.10 Å². The average molecular weight is 275 g/mol. The summed E-state index contributed by atoms with van der Waals surface area (Å²) in [7, 11) is 0. The van der Waals surface area contributed by atoms with E-state index in [-0.39, 0.29) is 26.8 Å². The molecule has 2 aromatic heterocycles. The number of nitrogens with zero attached hydrogens (tertiary/aromatic N) is 1. The number of halogens is 3. The van der Waals surface area contributed by atoms with Crippen molar-refractivity contribution in [2.45, 2.75) is 13.1 Å². The molecule has 18 heavy (non-hydrogen) atoms. The van der Waals surface area contributed by atoms with Crippen LogP contribution in [0.25, 0.3) is 10.4 Å². The van der Waals surface area contributed by atoms with Gasteiger partial charge in [-0.2, -0.15) is 18.3 Å². The first-order valence-corrected chi connectivity index (χ1v) is 5.63. The molecule has 0 aliphatic carbocycles.